The van der Waals surface area contributed by atoms with Crippen molar-refractivity contribution >= 4 is 11.9 Å². The Kier molecular flexibility index (Phi) is 6.16. The number of nitrogens with one attached hydrogen (secondary N) is 1. The first-order valence-corrected chi connectivity index (χ1v) is 8.32. The van der Waals surface area contributed by atoms with Crippen LogP contribution in [0.15, 0.2) is 30.3 Å². The van der Waals surface area contributed by atoms with E-state index in [9.17, 15) is 14.7 Å². The number of amides is 1. The number of aliphatic carboxylic acids is 1. The predicted molar refractivity (Wildman–Crippen MR) is 88.9 cm³/mol. The van der Waals surface area contributed by atoms with E-state index in [2.05, 4.69) is 5.32 Å². The lowest BCUT2D eigenvalue weighted by Crippen LogP contribution is -2.47. The number of hydrogen-bond acceptors (Lipinski definition) is 3. The van der Waals surface area contributed by atoms with Crippen LogP contribution in [0.2, 0.25) is 0 Å². The second-order valence-corrected chi connectivity index (χ2v) is 6.32. The van der Waals surface area contributed by atoms with Crippen molar-refractivity contribution in [2.45, 2.75) is 51.7 Å². The summed E-state index contributed by atoms with van der Waals surface area (Å²) in [4.78, 5) is 25.7. The summed E-state index contributed by atoms with van der Waals surface area (Å²) in [7, 11) is 0. The van der Waals surface area contributed by atoms with Gasteiger partial charge >= 0.3 is 5.97 Å². The van der Waals surface area contributed by atoms with Crippen LogP contribution < -0.4 is 5.32 Å². The molecule has 0 aromatic heterocycles. The summed E-state index contributed by atoms with van der Waals surface area (Å²) in [5, 5.41) is 12.2. The van der Waals surface area contributed by atoms with Crippen molar-refractivity contribution in [1.29, 1.82) is 0 Å². The van der Waals surface area contributed by atoms with Crippen LogP contribution in [0.3, 0.4) is 0 Å². The normalized spacial score (nSPS) is 16.6. The minimum atomic E-state index is -0.895. The first-order valence-electron chi connectivity index (χ1n) is 8.32. The zero-order valence-electron chi connectivity index (χ0n) is 13.9. The van der Waals surface area contributed by atoms with Gasteiger partial charge in [-0.25, -0.2) is 0 Å². The van der Waals surface area contributed by atoms with E-state index in [0.29, 0.717) is 12.6 Å². The third kappa shape index (κ3) is 5.06. The number of carboxylic acid groups (broad SMARTS) is 1. The van der Waals surface area contributed by atoms with Gasteiger partial charge in [0.05, 0.1) is 6.54 Å². The lowest BCUT2D eigenvalue weighted by atomic mass is 9.99. The molecule has 5 heteroatoms. The standard InChI is InChI=1S/C18H26N2O3/c1-3-13(2)17(18(22)23)19-11-16(21)20(15-9-10-15)12-14-7-5-4-6-8-14/h4-8,13,15,17,19H,3,9-12H2,1-2H3,(H,22,23)/t13-,17-/m0/s1. The van der Waals surface area contributed by atoms with Gasteiger partial charge in [0.1, 0.15) is 6.04 Å². The van der Waals surface area contributed by atoms with Crippen molar-refractivity contribution in [3.05, 3.63) is 35.9 Å². The van der Waals surface area contributed by atoms with E-state index >= 15 is 0 Å². The molecule has 0 saturated heterocycles. The van der Waals surface area contributed by atoms with Gasteiger partial charge < -0.3 is 10.0 Å². The van der Waals surface area contributed by atoms with Crippen LogP contribution in [-0.4, -0.2) is 40.5 Å². The predicted octanol–water partition coefficient (Wildman–Crippen LogP) is 2.27. The second-order valence-electron chi connectivity index (χ2n) is 6.32. The largest absolute Gasteiger partial charge is 0.480 e. The van der Waals surface area contributed by atoms with Crippen molar-refractivity contribution in [3.63, 3.8) is 0 Å². The van der Waals surface area contributed by atoms with Gasteiger partial charge in [0.15, 0.2) is 0 Å². The quantitative estimate of drug-likeness (QED) is 0.733. The average Bonchev–Trinajstić information content (AvgIpc) is 3.37. The highest BCUT2D eigenvalue weighted by Gasteiger charge is 2.33. The molecule has 126 valence electrons. The summed E-state index contributed by atoms with van der Waals surface area (Å²) in [6.45, 7) is 4.51. The SMILES string of the molecule is CC[C@H](C)[C@H](NCC(=O)N(Cc1ccccc1)C1CC1)C(=O)O. The molecule has 1 aromatic carbocycles. The minimum Gasteiger partial charge on any atom is -0.480 e. The fourth-order valence-electron chi connectivity index (χ4n) is 2.65. The van der Waals surface area contributed by atoms with E-state index in [4.69, 9.17) is 0 Å². The smallest absolute Gasteiger partial charge is 0.320 e. The Hall–Kier alpha value is -1.88. The molecule has 1 amide bonds. The molecular formula is C18H26N2O3. The Labute approximate surface area is 137 Å². The molecule has 0 unspecified atom stereocenters. The molecule has 0 radical (unpaired) electrons. The molecule has 0 spiro atoms. The number of hydrogen-bond donors (Lipinski definition) is 2. The molecule has 1 aromatic rings. The molecule has 2 rings (SSSR count). The molecule has 1 aliphatic rings. The summed E-state index contributed by atoms with van der Waals surface area (Å²) in [5.74, 6) is -0.928. The van der Waals surface area contributed by atoms with Crippen LogP contribution in [0.1, 0.15) is 38.7 Å². The van der Waals surface area contributed by atoms with Crippen LogP contribution in [0.4, 0.5) is 0 Å². The zero-order valence-corrected chi connectivity index (χ0v) is 13.9. The molecule has 2 N–H and O–H groups in total. The molecule has 2 atom stereocenters. The van der Waals surface area contributed by atoms with E-state index in [0.717, 1.165) is 24.8 Å². The molecule has 0 bridgehead atoms. The topological polar surface area (TPSA) is 69.6 Å². The van der Waals surface area contributed by atoms with Gasteiger partial charge in [0.2, 0.25) is 5.91 Å². The Morgan fingerprint density at radius 2 is 1.96 bits per heavy atom. The van der Waals surface area contributed by atoms with Crippen LogP contribution in [0.5, 0.6) is 0 Å². The molecule has 1 fully saturated rings. The summed E-state index contributed by atoms with van der Waals surface area (Å²) in [5.41, 5.74) is 1.10. The van der Waals surface area contributed by atoms with E-state index < -0.39 is 12.0 Å². The van der Waals surface area contributed by atoms with Crippen molar-refractivity contribution in [2.75, 3.05) is 6.54 Å². The second kappa shape index (κ2) is 8.11. The first kappa shape index (κ1) is 17.5. The number of benzene rings is 1. The summed E-state index contributed by atoms with van der Waals surface area (Å²) in [6.07, 6.45) is 2.83. The first-order chi connectivity index (χ1) is 11.0. The molecule has 0 aliphatic heterocycles. The van der Waals surface area contributed by atoms with Gasteiger partial charge in [-0.1, -0.05) is 50.6 Å². The highest BCUT2D eigenvalue weighted by atomic mass is 16.4. The molecule has 0 heterocycles. The van der Waals surface area contributed by atoms with E-state index in [1.54, 1.807) is 0 Å². The maximum Gasteiger partial charge on any atom is 0.320 e. The van der Waals surface area contributed by atoms with E-state index in [1.807, 2.05) is 49.1 Å². The highest BCUT2D eigenvalue weighted by molar-refractivity contribution is 5.80. The Morgan fingerprint density at radius 3 is 2.48 bits per heavy atom. The van der Waals surface area contributed by atoms with Gasteiger partial charge in [-0.2, -0.15) is 0 Å². The molecule has 23 heavy (non-hydrogen) atoms. The van der Waals surface area contributed by atoms with Crippen molar-refractivity contribution in [2.24, 2.45) is 5.92 Å². The number of carbonyl (C=O) groups is 2. The average molecular weight is 318 g/mol. The summed E-state index contributed by atoms with van der Waals surface area (Å²) in [6, 6.07) is 9.53. The van der Waals surface area contributed by atoms with Gasteiger partial charge in [-0.3, -0.25) is 14.9 Å². The maximum atomic E-state index is 12.5. The maximum absolute atomic E-state index is 12.5. The Balaban J connectivity index is 1.94. The van der Waals surface area contributed by atoms with Crippen LogP contribution in [0, 0.1) is 5.92 Å². The van der Waals surface area contributed by atoms with E-state index in [1.165, 1.54) is 0 Å². The minimum absolute atomic E-state index is 0.0104. The number of rotatable bonds is 9. The van der Waals surface area contributed by atoms with Crippen LogP contribution in [-0.2, 0) is 16.1 Å². The van der Waals surface area contributed by atoms with Crippen molar-refractivity contribution in [3.8, 4) is 0 Å². The Morgan fingerprint density at radius 1 is 1.30 bits per heavy atom. The van der Waals surface area contributed by atoms with Gasteiger partial charge in [0, 0.05) is 12.6 Å². The van der Waals surface area contributed by atoms with Gasteiger partial charge in [-0.05, 0) is 24.3 Å². The monoisotopic (exact) mass is 318 g/mol. The van der Waals surface area contributed by atoms with Crippen molar-refractivity contribution in [1.82, 2.24) is 10.2 Å². The highest BCUT2D eigenvalue weighted by Crippen LogP contribution is 2.28. The van der Waals surface area contributed by atoms with Crippen molar-refractivity contribution < 1.29 is 14.7 Å². The Bertz CT molecular complexity index is 528. The van der Waals surface area contributed by atoms with E-state index in [-0.39, 0.29) is 18.4 Å². The lowest BCUT2D eigenvalue weighted by molar-refractivity contribution is -0.141. The lowest BCUT2D eigenvalue weighted by Gasteiger charge is -2.25. The number of carboxylic acids is 1. The molecule has 1 aliphatic carbocycles. The molecule has 5 nitrogen and oxygen atoms in total. The van der Waals surface area contributed by atoms with Crippen LogP contribution >= 0.6 is 0 Å². The fraction of sp³-hybridized carbons (Fsp3) is 0.556. The van der Waals surface area contributed by atoms with Gasteiger partial charge in [-0.15, -0.1) is 0 Å². The summed E-state index contributed by atoms with van der Waals surface area (Å²) < 4.78 is 0. The third-order valence-corrected chi connectivity index (χ3v) is 4.46. The number of carbonyl (C=O) groups excluding carboxylic acids is 1. The fourth-order valence-corrected chi connectivity index (χ4v) is 2.65. The summed E-state index contributed by atoms with van der Waals surface area (Å²) >= 11 is 0. The van der Waals surface area contributed by atoms with Gasteiger partial charge in [0.25, 0.3) is 0 Å². The zero-order chi connectivity index (χ0) is 16.8. The molecule has 1 saturated carbocycles. The molecular weight excluding hydrogens is 292 g/mol. The van der Waals surface area contributed by atoms with Crippen LogP contribution in [0.25, 0.3) is 0 Å². The third-order valence-electron chi connectivity index (χ3n) is 4.46. The number of nitrogens with zero attached hydrogens (tertiary/aromatic N) is 1.